The Balaban J connectivity index is 2.54. The van der Waals surface area contributed by atoms with Crippen LogP contribution in [-0.2, 0) is 0 Å². The van der Waals surface area contributed by atoms with Gasteiger partial charge in [0.1, 0.15) is 5.75 Å². The molecule has 0 radical (unpaired) electrons. The Morgan fingerprint density at radius 1 is 1.40 bits per heavy atom. The molecule has 0 aliphatic heterocycles. The molecule has 0 heterocycles. The van der Waals surface area contributed by atoms with Crippen LogP contribution in [0.5, 0.6) is 5.75 Å². The predicted molar refractivity (Wildman–Crippen MR) is 67.5 cm³/mol. The summed E-state index contributed by atoms with van der Waals surface area (Å²) in [6.45, 7) is 1.67. The number of nitrogens with one attached hydrogen (secondary N) is 1. The van der Waals surface area contributed by atoms with E-state index in [1.807, 2.05) is 18.2 Å². The number of hydrogen-bond donors (Lipinski definition) is 2. The van der Waals surface area contributed by atoms with Gasteiger partial charge in [0.2, 0.25) is 0 Å². The Labute approximate surface area is 99.1 Å². The average molecular weight is 273 g/mol. The van der Waals surface area contributed by atoms with Gasteiger partial charge in [-0.1, -0.05) is 15.9 Å². The van der Waals surface area contributed by atoms with E-state index in [4.69, 9.17) is 10.5 Å². The van der Waals surface area contributed by atoms with Crippen LogP contribution < -0.4 is 15.8 Å². The molecule has 0 atom stereocenters. The topological polar surface area (TPSA) is 47.3 Å². The smallest absolute Gasteiger partial charge is 0.142 e. The molecule has 1 aromatic carbocycles. The first-order chi connectivity index (χ1) is 7.27. The number of anilines is 1. The zero-order valence-corrected chi connectivity index (χ0v) is 10.5. The van der Waals surface area contributed by atoms with Crippen LogP contribution >= 0.6 is 15.9 Å². The van der Waals surface area contributed by atoms with Crippen LogP contribution in [0.15, 0.2) is 22.7 Å². The highest BCUT2D eigenvalue weighted by molar-refractivity contribution is 9.10. The summed E-state index contributed by atoms with van der Waals surface area (Å²) in [7, 11) is 1.67. The maximum Gasteiger partial charge on any atom is 0.142 e. The van der Waals surface area contributed by atoms with E-state index in [1.165, 1.54) is 0 Å². The second-order valence-electron chi connectivity index (χ2n) is 3.27. The van der Waals surface area contributed by atoms with Gasteiger partial charge in [0.15, 0.2) is 0 Å². The fourth-order valence-electron chi connectivity index (χ4n) is 1.31. The standard InChI is InChI=1S/C11H17BrN2O/c1-15-11-5-4-9(12)8-10(11)14-7-3-2-6-13/h4-5,8,14H,2-3,6-7,13H2,1H3. The molecule has 4 heteroatoms. The molecule has 0 bridgehead atoms. The number of nitrogens with two attached hydrogens (primary N) is 1. The van der Waals surface area contributed by atoms with Crippen LogP contribution in [0, 0.1) is 0 Å². The highest BCUT2D eigenvalue weighted by Gasteiger charge is 2.02. The molecule has 1 rings (SSSR count). The van der Waals surface area contributed by atoms with Crippen LogP contribution in [0.1, 0.15) is 12.8 Å². The molecule has 1 aromatic rings. The molecule has 0 unspecified atom stereocenters. The fourth-order valence-corrected chi connectivity index (χ4v) is 1.67. The number of ether oxygens (including phenoxy) is 1. The fraction of sp³-hybridized carbons (Fsp3) is 0.455. The van der Waals surface area contributed by atoms with Crippen molar-refractivity contribution in [2.24, 2.45) is 5.73 Å². The zero-order chi connectivity index (χ0) is 11.1. The van der Waals surface area contributed by atoms with Gasteiger partial charge in [0.05, 0.1) is 12.8 Å². The minimum atomic E-state index is 0.747. The van der Waals surface area contributed by atoms with Crippen LogP contribution in [0.2, 0.25) is 0 Å². The number of methoxy groups -OCH3 is 1. The summed E-state index contributed by atoms with van der Waals surface area (Å²) >= 11 is 3.43. The van der Waals surface area contributed by atoms with E-state index in [9.17, 15) is 0 Å². The van der Waals surface area contributed by atoms with Crippen molar-refractivity contribution in [3.05, 3.63) is 22.7 Å². The minimum Gasteiger partial charge on any atom is -0.495 e. The van der Waals surface area contributed by atoms with Gasteiger partial charge in [-0.25, -0.2) is 0 Å². The highest BCUT2D eigenvalue weighted by Crippen LogP contribution is 2.27. The molecule has 0 saturated heterocycles. The maximum atomic E-state index is 5.43. The van der Waals surface area contributed by atoms with Crippen molar-refractivity contribution in [2.45, 2.75) is 12.8 Å². The third-order valence-electron chi connectivity index (χ3n) is 2.11. The van der Waals surface area contributed by atoms with E-state index in [2.05, 4.69) is 21.2 Å². The summed E-state index contributed by atoms with van der Waals surface area (Å²) in [6.07, 6.45) is 2.12. The Morgan fingerprint density at radius 2 is 2.20 bits per heavy atom. The Hall–Kier alpha value is -0.740. The number of rotatable bonds is 6. The molecule has 0 saturated carbocycles. The summed E-state index contributed by atoms with van der Waals surface area (Å²) < 4.78 is 6.30. The summed E-state index contributed by atoms with van der Waals surface area (Å²) in [5.41, 5.74) is 6.45. The Morgan fingerprint density at radius 3 is 2.87 bits per heavy atom. The molecule has 0 aromatic heterocycles. The lowest BCUT2D eigenvalue weighted by molar-refractivity contribution is 0.416. The van der Waals surface area contributed by atoms with Crippen molar-refractivity contribution in [1.29, 1.82) is 0 Å². The lowest BCUT2D eigenvalue weighted by Gasteiger charge is -2.11. The monoisotopic (exact) mass is 272 g/mol. The summed E-state index contributed by atoms with van der Waals surface area (Å²) in [6, 6.07) is 5.92. The van der Waals surface area contributed by atoms with Gasteiger partial charge in [-0.05, 0) is 37.6 Å². The van der Waals surface area contributed by atoms with Gasteiger partial charge in [-0.15, -0.1) is 0 Å². The molecule has 3 N–H and O–H groups in total. The minimum absolute atomic E-state index is 0.747. The quantitative estimate of drug-likeness (QED) is 0.783. The van der Waals surface area contributed by atoms with Crippen LogP contribution in [0.3, 0.4) is 0 Å². The van der Waals surface area contributed by atoms with Crippen LogP contribution in [0.25, 0.3) is 0 Å². The molecule has 0 amide bonds. The number of halogens is 1. The second kappa shape index (κ2) is 6.69. The van der Waals surface area contributed by atoms with Gasteiger partial charge in [0, 0.05) is 11.0 Å². The van der Waals surface area contributed by atoms with E-state index >= 15 is 0 Å². The van der Waals surface area contributed by atoms with Crippen molar-refractivity contribution in [3.63, 3.8) is 0 Å². The SMILES string of the molecule is COc1ccc(Br)cc1NCCCCN. The molecular weight excluding hydrogens is 256 g/mol. The largest absolute Gasteiger partial charge is 0.495 e. The normalized spacial score (nSPS) is 10.1. The van der Waals surface area contributed by atoms with Gasteiger partial charge >= 0.3 is 0 Å². The first-order valence-electron chi connectivity index (χ1n) is 5.05. The lowest BCUT2D eigenvalue weighted by Crippen LogP contribution is -2.06. The molecule has 0 aliphatic carbocycles. The molecule has 84 valence electrons. The van der Waals surface area contributed by atoms with E-state index in [0.717, 1.165) is 41.8 Å². The second-order valence-corrected chi connectivity index (χ2v) is 4.18. The Kier molecular flexibility index (Phi) is 5.50. The molecule has 0 spiro atoms. The Bertz CT molecular complexity index is 305. The van der Waals surface area contributed by atoms with E-state index in [0.29, 0.717) is 0 Å². The van der Waals surface area contributed by atoms with E-state index in [1.54, 1.807) is 7.11 Å². The first kappa shape index (κ1) is 12.3. The lowest BCUT2D eigenvalue weighted by atomic mass is 10.2. The van der Waals surface area contributed by atoms with Gasteiger partial charge < -0.3 is 15.8 Å². The van der Waals surface area contributed by atoms with Crippen molar-refractivity contribution < 1.29 is 4.74 Å². The van der Waals surface area contributed by atoms with Crippen molar-refractivity contribution in [2.75, 3.05) is 25.5 Å². The molecule has 15 heavy (non-hydrogen) atoms. The molecular formula is C11H17BrN2O. The van der Waals surface area contributed by atoms with Crippen LogP contribution in [-0.4, -0.2) is 20.2 Å². The zero-order valence-electron chi connectivity index (χ0n) is 8.92. The van der Waals surface area contributed by atoms with Crippen LogP contribution in [0.4, 0.5) is 5.69 Å². The van der Waals surface area contributed by atoms with Gasteiger partial charge in [-0.2, -0.15) is 0 Å². The third-order valence-corrected chi connectivity index (χ3v) is 2.60. The number of unbranched alkanes of at least 4 members (excludes halogenated alkanes) is 1. The highest BCUT2D eigenvalue weighted by atomic mass is 79.9. The number of hydrogen-bond acceptors (Lipinski definition) is 3. The van der Waals surface area contributed by atoms with Crippen molar-refractivity contribution in [3.8, 4) is 5.75 Å². The van der Waals surface area contributed by atoms with Gasteiger partial charge in [0.25, 0.3) is 0 Å². The maximum absolute atomic E-state index is 5.43. The van der Waals surface area contributed by atoms with E-state index in [-0.39, 0.29) is 0 Å². The van der Waals surface area contributed by atoms with Crippen molar-refractivity contribution in [1.82, 2.24) is 0 Å². The average Bonchev–Trinajstić information content (AvgIpc) is 2.25. The molecule has 0 fully saturated rings. The van der Waals surface area contributed by atoms with Crippen molar-refractivity contribution >= 4 is 21.6 Å². The molecule has 3 nitrogen and oxygen atoms in total. The van der Waals surface area contributed by atoms with E-state index < -0.39 is 0 Å². The number of benzene rings is 1. The third kappa shape index (κ3) is 4.10. The predicted octanol–water partition coefficient (Wildman–Crippen LogP) is 2.61. The first-order valence-corrected chi connectivity index (χ1v) is 5.84. The molecule has 0 aliphatic rings. The summed E-state index contributed by atoms with van der Waals surface area (Å²) in [5, 5.41) is 3.33. The van der Waals surface area contributed by atoms with Gasteiger partial charge in [-0.3, -0.25) is 0 Å². The summed E-state index contributed by atoms with van der Waals surface area (Å²) in [5.74, 6) is 0.867. The summed E-state index contributed by atoms with van der Waals surface area (Å²) in [4.78, 5) is 0.